The number of para-hydroxylation sites is 1. The minimum Gasteiger partial charge on any atom is -0.550 e. The van der Waals surface area contributed by atoms with Crippen LogP contribution in [0.2, 0.25) is 0 Å². The van der Waals surface area contributed by atoms with Gasteiger partial charge in [-0.1, -0.05) is 12.1 Å². The van der Waals surface area contributed by atoms with Gasteiger partial charge in [0.2, 0.25) is 0 Å². The van der Waals surface area contributed by atoms with Crippen LogP contribution >= 0.6 is 0 Å². The highest BCUT2D eigenvalue weighted by atomic mass is 16.6. The van der Waals surface area contributed by atoms with Gasteiger partial charge in [-0.2, -0.15) is 0 Å². The molecule has 0 amide bonds. The summed E-state index contributed by atoms with van der Waals surface area (Å²) in [5, 5.41) is 20.7. The lowest BCUT2D eigenvalue weighted by molar-refractivity contribution is -0.385. The topological polar surface area (TPSA) is 100 Å². The molecule has 0 aliphatic rings. The number of rotatable bonds is 5. The van der Waals surface area contributed by atoms with Gasteiger partial charge in [-0.3, -0.25) is 14.9 Å². The smallest absolute Gasteiger partial charge is 0.280 e. The lowest BCUT2D eigenvalue weighted by atomic mass is 10.0. The largest absolute Gasteiger partial charge is 0.550 e. The zero-order valence-electron chi connectivity index (χ0n) is 8.21. The lowest BCUT2D eigenvalue weighted by Crippen LogP contribution is -2.22. The predicted octanol–water partition coefficient (Wildman–Crippen LogP) is 0.308. The monoisotopic (exact) mass is 222 g/mol. The Kier molecular flexibility index (Phi) is 3.71. The van der Waals surface area contributed by atoms with Crippen molar-refractivity contribution in [2.45, 2.75) is 12.8 Å². The van der Waals surface area contributed by atoms with Crippen molar-refractivity contribution in [2.75, 3.05) is 0 Å². The van der Waals surface area contributed by atoms with Crippen molar-refractivity contribution >= 4 is 17.4 Å². The first kappa shape index (κ1) is 11.8. The van der Waals surface area contributed by atoms with E-state index in [4.69, 9.17) is 0 Å². The van der Waals surface area contributed by atoms with Gasteiger partial charge in [0.05, 0.1) is 10.5 Å². The third-order valence-electron chi connectivity index (χ3n) is 1.96. The maximum absolute atomic E-state index is 11.5. The van der Waals surface area contributed by atoms with Gasteiger partial charge >= 0.3 is 0 Å². The molecule has 84 valence electrons. The van der Waals surface area contributed by atoms with Crippen molar-refractivity contribution in [2.24, 2.45) is 0 Å². The van der Waals surface area contributed by atoms with Gasteiger partial charge in [-0.05, 0) is 12.5 Å². The fraction of sp³-hybridized carbons (Fsp3) is 0.200. The van der Waals surface area contributed by atoms with E-state index < -0.39 is 23.1 Å². The molecule has 0 atom stereocenters. The second-order valence-corrected chi connectivity index (χ2v) is 3.07. The maximum atomic E-state index is 11.5. The zero-order valence-corrected chi connectivity index (χ0v) is 8.21. The quantitative estimate of drug-likeness (QED) is 0.405. The molecule has 0 radical (unpaired) electrons. The van der Waals surface area contributed by atoms with E-state index in [-0.39, 0.29) is 17.7 Å². The third-order valence-corrected chi connectivity index (χ3v) is 1.96. The number of carbonyl (C=O) groups excluding carboxylic acids is 2. The van der Waals surface area contributed by atoms with E-state index in [0.717, 1.165) is 0 Å². The Hall–Kier alpha value is -2.24. The molecule has 0 saturated heterocycles. The summed E-state index contributed by atoms with van der Waals surface area (Å²) in [7, 11) is 0. The van der Waals surface area contributed by atoms with Crippen molar-refractivity contribution in [3.05, 3.63) is 39.9 Å². The molecular weight excluding hydrogens is 214 g/mol. The van der Waals surface area contributed by atoms with E-state index in [9.17, 15) is 24.8 Å². The predicted molar refractivity (Wildman–Crippen MR) is 51.7 cm³/mol. The number of carboxylic acid groups (broad SMARTS) is 1. The number of aliphatic carboxylic acids is 1. The van der Waals surface area contributed by atoms with Crippen molar-refractivity contribution in [3.63, 3.8) is 0 Å². The van der Waals surface area contributed by atoms with Crippen LogP contribution in [-0.2, 0) is 4.79 Å². The van der Waals surface area contributed by atoms with Crippen LogP contribution in [0.25, 0.3) is 0 Å². The molecule has 0 unspecified atom stereocenters. The number of Topliss-reactive ketones (excluding diaryl/α,β-unsaturated/α-hetero) is 1. The number of hydrogen-bond donors (Lipinski definition) is 0. The highest BCUT2D eigenvalue weighted by Gasteiger charge is 2.18. The Labute approximate surface area is 90.7 Å². The van der Waals surface area contributed by atoms with Crippen molar-refractivity contribution in [1.82, 2.24) is 0 Å². The Morgan fingerprint density at radius 3 is 2.38 bits per heavy atom. The second kappa shape index (κ2) is 5.01. The number of nitrogens with zero attached hydrogens (tertiary/aromatic N) is 1. The minimum absolute atomic E-state index is 0.0752. The van der Waals surface area contributed by atoms with Crippen LogP contribution in [0.4, 0.5) is 5.69 Å². The average Bonchev–Trinajstić information content (AvgIpc) is 2.25. The first-order valence-corrected chi connectivity index (χ1v) is 4.49. The van der Waals surface area contributed by atoms with Gasteiger partial charge in [-0.15, -0.1) is 0 Å². The summed E-state index contributed by atoms with van der Waals surface area (Å²) in [6, 6.07) is 5.43. The summed E-state index contributed by atoms with van der Waals surface area (Å²) in [4.78, 5) is 31.6. The highest BCUT2D eigenvalue weighted by molar-refractivity contribution is 6.00. The molecule has 0 N–H and O–H groups in total. The lowest BCUT2D eigenvalue weighted by Gasteiger charge is -2.02. The molecule has 16 heavy (non-hydrogen) atoms. The SMILES string of the molecule is O=C([O-])CCC(=O)c1ccccc1[N+](=O)[O-]. The number of nitro groups is 1. The molecule has 6 nitrogen and oxygen atoms in total. The Bertz CT molecular complexity index is 441. The molecule has 1 rings (SSSR count). The molecule has 0 saturated carbocycles. The molecule has 1 aromatic carbocycles. The molecule has 0 aromatic heterocycles. The Morgan fingerprint density at radius 2 is 1.81 bits per heavy atom. The molecular formula is C10H8NO5-. The van der Waals surface area contributed by atoms with Crippen LogP contribution in [0.3, 0.4) is 0 Å². The van der Waals surface area contributed by atoms with E-state index in [1.165, 1.54) is 24.3 Å². The number of carbonyl (C=O) groups is 2. The minimum atomic E-state index is -1.35. The number of carboxylic acids is 1. The van der Waals surface area contributed by atoms with Gasteiger partial charge in [0.1, 0.15) is 0 Å². The number of benzene rings is 1. The summed E-state index contributed by atoms with van der Waals surface area (Å²) in [6.07, 6.45) is -0.738. The first-order valence-electron chi connectivity index (χ1n) is 4.49. The van der Waals surface area contributed by atoms with Gasteiger partial charge in [0.15, 0.2) is 5.78 Å². The van der Waals surface area contributed by atoms with E-state index in [1.54, 1.807) is 0 Å². The van der Waals surface area contributed by atoms with E-state index in [1.807, 2.05) is 0 Å². The molecule has 6 heteroatoms. The van der Waals surface area contributed by atoms with E-state index in [0.29, 0.717) is 0 Å². The normalized spacial score (nSPS) is 9.75. The molecule has 0 aliphatic carbocycles. The maximum Gasteiger partial charge on any atom is 0.280 e. The molecule has 0 fully saturated rings. The van der Waals surface area contributed by atoms with Crippen LogP contribution in [0, 0.1) is 10.1 Å². The van der Waals surface area contributed by atoms with Gasteiger partial charge in [-0.25, -0.2) is 0 Å². The molecule has 0 bridgehead atoms. The van der Waals surface area contributed by atoms with Crippen LogP contribution in [0.1, 0.15) is 23.2 Å². The van der Waals surface area contributed by atoms with Crippen LogP contribution in [-0.4, -0.2) is 16.7 Å². The molecule has 1 aromatic rings. The summed E-state index contributed by atoms with van der Waals surface area (Å²) < 4.78 is 0. The van der Waals surface area contributed by atoms with Gasteiger partial charge < -0.3 is 9.90 Å². The molecule has 0 aliphatic heterocycles. The fourth-order valence-corrected chi connectivity index (χ4v) is 1.22. The van der Waals surface area contributed by atoms with Crippen LogP contribution in [0.5, 0.6) is 0 Å². The average molecular weight is 222 g/mol. The summed E-state index contributed by atoms with van der Waals surface area (Å²) in [6.45, 7) is 0. The standard InChI is InChI=1S/C10H9NO5/c12-9(5-6-10(13)14)7-3-1-2-4-8(7)11(15)16/h1-4H,5-6H2,(H,13,14)/p-1. The number of hydrogen-bond acceptors (Lipinski definition) is 5. The summed E-state index contributed by atoms with van der Waals surface area (Å²) >= 11 is 0. The molecule has 0 spiro atoms. The van der Waals surface area contributed by atoms with Crippen molar-refractivity contribution in [3.8, 4) is 0 Å². The molecule has 0 heterocycles. The number of nitro benzene ring substituents is 1. The summed E-state index contributed by atoms with van der Waals surface area (Å²) in [5.74, 6) is -1.93. The Balaban J connectivity index is 2.90. The van der Waals surface area contributed by atoms with Crippen molar-refractivity contribution < 1.29 is 19.6 Å². The number of ketones is 1. The van der Waals surface area contributed by atoms with E-state index >= 15 is 0 Å². The first-order chi connectivity index (χ1) is 7.52. The zero-order chi connectivity index (χ0) is 12.1. The third kappa shape index (κ3) is 2.88. The fourth-order valence-electron chi connectivity index (χ4n) is 1.22. The van der Waals surface area contributed by atoms with Crippen molar-refractivity contribution in [1.29, 1.82) is 0 Å². The van der Waals surface area contributed by atoms with E-state index in [2.05, 4.69) is 0 Å². The Morgan fingerprint density at radius 1 is 1.19 bits per heavy atom. The highest BCUT2D eigenvalue weighted by Crippen LogP contribution is 2.19. The van der Waals surface area contributed by atoms with Gasteiger partial charge in [0.25, 0.3) is 5.69 Å². The summed E-state index contributed by atoms with van der Waals surface area (Å²) in [5.41, 5.74) is -0.389. The second-order valence-electron chi connectivity index (χ2n) is 3.07. The van der Waals surface area contributed by atoms with Crippen LogP contribution < -0.4 is 5.11 Å². The van der Waals surface area contributed by atoms with Crippen LogP contribution in [0.15, 0.2) is 24.3 Å². The van der Waals surface area contributed by atoms with Gasteiger partial charge in [0, 0.05) is 18.5 Å².